The fourth-order valence-corrected chi connectivity index (χ4v) is 5.25. The Balaban J connectivity index is 2.22. The molecule has 3 rings (SSSR count). The van der Waals surface area contributed by atoms with Crippen molar-refractivity contribution in [3.8, 4) is 0 Å². The van der Waals surface area contributed by atoms with E-state index in [4.69, 9.17) is 0 Å². The van der Waals surface area contributed by atoms with Gasteiger partial charge in [0.05, 0.1) is 0 Å². The molecule has 0 unspecified atom stereocenters. The van der Waals surface area contributed by atoms with Gasteiger partial charge in [0.2, 0.25) is 0 Å². The number of aryl methyl sites for hydroxylation is 4. The van der Waals surface area contributed by atoms with Gasteiger partial charge in [0.15, 0.2) is 0 Å². The van der Waals surface area contributed by atoms with Gasteiger partial charge in [-0.2, -0.15) is 0 Å². The van der Waals surface area contributed by atoms with Crippen molar-refractivity contribution < 1.29 is 0 Å². The van der Waals surface area contributed by atoms with Crippen LogP contribution in [-0.2, 0) is 0 Å². The van der Waals surface area contributed by atoms with Crippen molar-refractivity contribution in [1.82, 2.24) is 0 Å². The van der Waals surface area contributed by atoms with Gasteiger partial charge in [-0.1, -0.05) is 42.5 Å². The maximum absolute atomic E-state index is 2.46. The van der Waals surface area contributed by atoms with E-state index >= 15 is 0 Å². The monoisotopic (exact) mass is 442 g/mol. The number of hydrogen-bond donors (Lipinski definition) is 0. The van der Waals surface area contributed by atoms with Crippen LogP contribution in [0.4, 0.5) is 11.4 Å². The summed E-state index contributed by atoms with van der Waals surface area (Å²) in [7, 11) is 0. The van der Waals surface area contributed by atoms with Crippen LogP contribution < -0.4 is 9.80 Å². The Morgan fingerprint density at radius 1 is 0.545 bits per heavy atom. The Morgan fingerprint density at radius 3 is 1.30 bits per heavy atom. The van der Waals surface area contributed by atoms with Gasteiger partial charge in [-0.05, 0) is 106 Å². The van der Waals surface area contributed by atoms with E-state index in [1.807, 2.05) is 0 Å². The van der Waals surface area contributed by atoms with E-state index in [0.29, 0.717) is 0 Å². The predicted octanol–water partition coefficient (Wildman–Crippen LogP) is 7.79. The van der Waals surface area contributed by atoms with Crippen LogP contribution in [0, 0.1) is 27.7 Å². The maximum atomic E-state index is 2.46. The van der Waals surface area contributed by atoms with E-state index < -0.39 is 0 Å². The highest BCUT2D eigenvalue weighted by molar-refractivity contribution is 5.63. The van der Waals surface area contributed by atoms with Crippen LogP contribution in [0.15, 0.2) is 54.6 Å². The molecule has 0 saturated heterocycles. The summed E-state index contributed by atoms with van der Waals surface area (Å²) in [6.07, 6.45) is 0. The van der Waals surface area contributed by atoms with Gasteiger partial charge >= 0.3 is 0 Å². The normalized spacial score (nSPS) is 11.2. The number of rotatable bonds is 9. The lowest BCUT2D eigenvalue weighted by atomic mass is 9.79. The van der Waals surface area contributed by atoms with Crippen molar-refractivity contribution in [1.29, 1.82) is 0 Å². The summed E-state index contributed by atoms with van der Waals surface area (Å²) in [5.41, 5.74) is 12.3. The summed E-state index contributed by atoms with van der Waals surface area (Å²) in [5, 5.41) is 0. The average Bonchev–Trinajstić information content (AvgIpc) is 2.82. The summed E-state index contributed by atoms with van der Waals surface area (Å²) in [6, 6.07) is 20.7. The zero-order valence-electron chi connectivity index (χ0n) is 22.0. The van der Waals surface area contributed by atoms with Crippen molar-refractivity contribution >= 4 is 11.4 Å². The van der Waals surface area contributed by atoms with E-state index in [2.05, 4.69) is 120 Å². The molecule has 0 atom stereocenters. The third-order valence-corrected chi connectivity index (χ3v) is 7.13. The molecule has 3 aromatic carbocycles. The van der Waals surface area contributed by atoms with Crippen molar-refractivity contribution in [2.45, 2.75) is 61.3 Å². The van der Waals surface area contributed by atoms with Crippen LogP contribution in [0.2, 0.25) is 0 Å². The van der Waals surface area contributed by atoms with Crippen molar-refractivity contribution in [3.05, 3.63) is 93.5 Å². The van der Waals surface area contributed by atoms with Crippen LogP contribution in [-0.4, -0.2) is 26.2 Å². The molecule has 3 aromatic rings. The summed E-state index contributed by atoms with van der Waals surface area (Å²) in [6.45, 7) is 22.2. The minimum atomic E-state index is 0.222. The molecule has 0 fully saturated rings. The fourth-order valence-electron chi connectivity index (χ4n) is 5.25. The lowest BCUT2D eigenvalue weighted by Crippen LogP contribution is -2.23. The predicted molar refractivity (Wildman–Crippen MR) is 146 cm³/mol. The van der Waals surface area contributed by atoms with E-state index in [0.717, 1.165) is 26.2 Å². The second-order valence-electron chi connectivity index (χ2n) is 9.18. The van der Waals surface area contributed by atoms with E-state index in [9.17, 15) is 0 Å². The average molecular weight is 443 g/mol. The number of hydrogen-bond acceptors (Lipinski definition) is 2. The Hall–Kier alpha value is -2.74. The van der Waals surface area contributed by atoms with Gasteiger partial charge in [-0.25, -0.2) is 0 Å². The van der Waals surface area contributed by atoms with Gasteiger partial charge < -0.3 is 9.80 Å². The smallest absolute Gasteiger partial charge is 0.0398 e. The molecule has 0 radical (unpaired) electrons. The van der Waals surface area contributed by atoms with Crippen molar-refractivity contribution in [3.63, 3.8) is 0 Å². The summed E-state index contributed by atoms with van der Waals surface area (Å²) >= 11 is 0. The lowest BCUT2D eigenvalue weighted by molar-refractivity contribution is 0.853. The summed E-state index contributed by atoms with van der Waals surface area (Å²) < 4.78 is 0. The molecule has 2 heteroatoms. The molecule has 0 heterocycles. The quantitative estimate of drug-likeness (QED) is 0.312. The molecule has 2 nitrogen and oxygen atoms in total. The Bertz CT molecular complexity index is 993. The molecule has 0 N–H and O–H groups in total. The van der Waals surface area contributed by atoms with Crippen LogP contribution >= 0.6 is 0 Å². The molecule has 0 aliphatic rings. The van der Waals surface area contributed by atoms with E-state index in [1.165, 1.54) is 50.3 Å². The molecule has 0 spiro atoms. The SMILES string of the molecule is CCN(CC)c1cc(C)c(C(c2ccccc2)c2cc(C)c(N(CC)CC)cc2C)cc1C. The van der Waals surface area contributed by atoms with Gasteiger partial charge in [-0.15, -0.1) is 0 Å². The third kappa shape index (κ3) is 5.11. The van der Waals surface area contributed by atoms with Crippen LogP contribution in [0.3, 0.4) is 0 Å². The van der Waals surface area contributed by atoms with Gasteiger partial charge in [-0.3, -0.25) is 0 Å². The zero-order chi connectivity index (χ0) is 24.1. The summed E-state index contributed by atoms with van der Waals surface area (Å²) in [5.74, 6) is 0.222. The molecule has 0 amide bonds. The Morgan fingerprint density at radius 2 is 0.939 bits per heavy atom. The summed E-state index contributed by atoms with van der Waals surface area (Å²) in [4.78, 5) is 4.91. The highest BCUT2D eigenvalue weighted by Gasteiger charge is 2.23. The highest BCUT2D eigenvalue weighted by Crippen LogP contribution is 2.40. The topological polar surface area (TPSA) is 6.48 Å². The van der Waals surface area contributed by atoms with Crippen molar-refractivity contribution in [2.75, 3.05) is 36.0 Å². The number of nitrogens with zero attached hydrogens (tertiary/aromatic N) is 2. The first-order valence-corrected chi connectivity index (χ1v) is 12.6. The zero-order valence-corrected chi connectivity index (χ0v) is 22.0. The Kier molecular flexibility index (Phi) is 8.24. The largest absolute Gasteiger partial charge is 0.372 e. The molecule has 176 valence electrons. The standard InChI is InChI=1S/C31H42N2/c1-9-32(10-2)29-20-22(5)27(18-24(29)7)31(26-16-14-13-15-17-26)28-19-25(8)30(21-23(28)6)33(11-3)12-4/h13-21,31H,9-12H2,1-8H3. The molecule has 0 bridgehead atoms. The molecule has 33 heavy (non-hydrogen) atoms. The van der Waals surface area contributed by atoms with Gasteiger partial charge in [0.25, 0.3) is 0 Å². The Labute approximate surface area is 202 Å². The molecule has 0 saturated carbocycles. The molecular formula is C31H42N2. The van der Waals surface area contributed by atoms with E-state index in [1.54, 1.807) is 0 Å². The highest BCUT2D eigenvalue weighted by atomic mass is 15.1. The van der Waals surface area contributed by atoms with Crippen LogP contribution in [0.5, 0.6) is 0 Å². The third-order valence-electron chi connectivity index (χ3n) is 7.13. The molecular weight excluding hydrogens is 400 g/mol. The fraction of sp³-hybridized carbons (Fsp3) is 0.419. The first-order valence-electron chi connectivity index (χ1n) is 12.6. The second-order valence-corrected chi connectivity index (χ2v) is 9.18. The van der Waals surface area contributed by atoms with Gasteiger partial charge in [0, 0.05) is 43.5 Å². The second kappa shape index (κ2) is 10.9. The first kappa shape index (κ1) is 24.9. The minimum absolute atomic E-state index is 0.222. The van der Waals surface area contributed by atoms with Crippen LogP contribution in [0.1, 0.15) is 72.6 Å². The molecule has 0 aliphatic heterocycles. The lowest BCUT2D eigenvalue weighted by Gasteiger charge is -2.29. The first-order chi connectivity index (χ1) is 15.9. The molecule has 0 aliphatic carbocycles. The minimum Gasteiger partial charge on any atom is -0.372 e. The van der Waals surface area contributed by atoms with Crippen LogP contribution in [0.25, 0.3) is 0 Å². The molecule has 0 aromatic heterocycles. The maximum Gasteiger partial charge on any atom is 0.0398 e. The van der Waals surface area contributed by atoms with Gasteiger partial charge in [0.1, 0.15) is 0 Å². The van der Waals surface area contributed by atoms with E-state index in [-0.39, 0.29) is 5.92 Å². The van der Waals surface area contributed by atoms with Crippen molar-refractivity contribution in [2.24, 2.45) is 0 Å². The number of benzene rings is 3. The number of anilines is 2.